The number of anilines is 1. The Balaban J connectivity index is 2.15. The number of fused-ring (bicyclic) bond motifs is 1. The number of aromatic nitrogens is 2. The van der Waals surface area contributed by atoms with Crippen LogP contribution in [0.3, 0.4) is 0 Å². The minimum Gasteiger partial charge on any atom is -0.396 e. The molecule has 2 heterocycles. The maximum Gasteiger partial charge on any atom is 0.269 e. The molecule has 118 valence electrons. The van der Waals surface area contributed by atoms with Gasteiger partial charge in [0, 0.05) is 19.5 Å². The van der Waals surface area contributed by atoms with Crippen molar-refractivity contribution in [2.24, 2.45) is 7.05 Å². The van der Waals surface area contributed by atoms with E-state index in [1.807, 2.05) is 12.1 Å². The van der Waals surface area contributed by atoms with Crippen LogP contribution in [0.2, 0.25) is 5.15 Å². The first-order valence-corrected chi connectivity index (χ1v) is 8.61. The molecule has 6 nitrogen and oxygen atoms in total. The van der Waals surface area contributed by atoms with Crippen molar-refractivity contribution in [1.82, 2.24) is 9.78 Å². The number of aliphatic hydroxyl groups is 1. The molecule has 0 saturated heterocycles. The van der Waals surface area contributed by atoms with Gasteiger partial charge in [0.15, 0.2) is 0 Å². The lowest BCUT2D eigenvalue weighted by Gasteiger charge is -2.19. The molecule has 1 aliphatic heterocycles. The smallest absolute Gasteiger partial charge is 0.269 e. The van der Waals surface area contributed by atoms with Crippen molar-refractivity contribution in [3.8, 4) is 0 Å². The Hall–Kier alpha value is -1.57. The highest BCUT2D eigenvalue weighted by atomic mass is 35.5. The average Bonchev–Trinajstić information content (AvgIpc) is 2.97. The van der Waals surface area contributed by atoms with E-state index in [4.69, 9.17) is 11.6 Å². The van der Waals surface area contributed by atoms with Crippen molar-refractivity contribution in [2.75, 3.05) is 17.5 Å². The van der Waals surface area contributed by atoms with Gasteiger partial charge in [-0.05, 0) is 18.6 Å². The molecular weight excluding hydrogens is 326 g/mol. The van der Waals surface area contributed by atoms with Crippen LogP contribution in [-0.2, 0) is 17.1 Å². The maximum absolute atomic E-state index is 13.0. The minimum absolute atomic E-state index is 0.0186. The van der Waals surface area contributed by atoms with Gasteiger partial charge in [-0.15, -0.1) is 0 Å². The first kappa shape index (κ1) is 15.3. The largest absolute Gasteiger partial charge is 0.396 e. The average molecular weight is 342 g/mol. The van der Waals surface area contributed by atoms with Crippen LogP contribution in [0, 0.1) is 6.92 Å². The molecule has 2 aromatic rings. The second kappa shape index (κ2) is 5.26. The molecule has 1 unspecified atom stereocenters. The Morgan fingerprint density at radius 2 is 2.09 bits per heavy atom. The zero-order valence-electron chi connectivity index (χ0n) is 12.2. The molecule has 0 radical (unpaired) electrons. The molecule has 0 fully saturated rings. The maximum atomic E-state index is 13.0. The van der Waals surface area contributed by atoms with Gasteiger partial charge < -0.3 is 5.11 Å². The van der Waals surface area contributed by atoms with Gasteiger partial charge >= 0.3 is 0 Å². The van der Waals surface area contributed by atoms with Crippen LogP contribution in [0.25, 0.3) is 0 Å². The third-order valence-corrected chi connectivity index (χ3v) is 6.38. The molecule has 1 N–H and O–H groups in total. The first-order chi connectivity index (χ1) is 10.4. The molecule has 1 aliphatic rings. The van der Waals surface area contributed by atoms with Crippen LogP contribution in [0.5, 0.6) is 0 Å². The van der Waals surface area contributed by atoms with Crippen molar-refractivity contribution in [2.45, 2.75) is 17.7 Å². The molecule has 0 amide bonds. The van der Waals surface area contributed by atoms with Gasteiger partial charge in [-0.2, -0.15) is 5.10 Å². The van der Waals surface area contributed by atoms with Crippen LogP contribution in [-0.4, -0.2) is 36.5 Å². The topological polar surface area (TPSA) is 75.4 Å². The van der Waals surface area contributed by atoms with Crippen molar-refractivity contribution >= 4 is 27.3 Å². The molecule has 0 aliphatic carbocycles. The predicted octanol–water partition coefficient (Wildman–Crippen LogP) is 1.67. The second-order valence-electron chi connectivity index (χ2n) is 5.30. The first-order valence-electron chi connectivity index (χ1n) is 6.79. The summed E-state index contributed by atoms with van der Waals surface area (Å²) in [7, 11) is -2.23. The molecular formula is C14H16ClN3O3S. The zero-order chi connectivity index (χ0) is 16.1. The molecule has 0 saturated carbocycles. The van der Waals surface area contributed by atoms with E-state index < -0.39 is 10.0 Å². The summed E-state index contributed by atoms with van der Waals surface area (Å²) < 4.78 is 28.7. The Morgan fingerprint density at radius 1 is 1.41 bits per heavy atom. The Morgan fingerprint density at radius 3 is 2.68 bits per heavy atom. The van der Waals surface area contributed by atoms with Crippen LogP contribution in [0.4, 0.5) is 5.69 Å². The highest BCUT2D eigenvalue weighted by Gasteiger charge is 2.39. The summed E-state index contributed by atoms with van der Waals surface area (Å²) in [4.78, 5) is 0.0186. The number of sulfonamides is 1. The highest BCUT2D eigenvalue weighted by molar-refractivity contribution is 7.93. The van der Waals surface area contributed by atoms with Gasteiger partial charge in [0.1, 0.15) is 10.0 Å². The van der Waals surface area contributed by atoms with Gasteiger partial charge in [0.25, 0.3) is 10.0 Å². The van der Waals surface area contributed by atoms with Crippen LogP contribution in [0.15, 0.2) is 29.2 Å². The van der Waals surface area contributed by atoms with Gasteiger partial charge in [0.05, 0.1) is 18.0 Å². The van der Waals surface area contributed by atoms with Crippen LogP contribution < -0.4 is 4.31 Å². The standard InChI is InChI=1S/C14H16ClN3O3S/c1-9-13(14(15)17(2)16-9)22(20,21)18-7-10(8-19)11-5-3-4-6-12(11)18/h3-6,10,19H,7-8H2,1-2H3. The lowest BCUT2D eigenvalue weighted by atomic mass is 10.0. The van der Waals surface area contributed by atoms with E-state index in [1.54, 1.807) is 26.1 Å². The van der Waals surface area contributed by atoms with E-state index in [-0.39, 0.29) is 29.1 Å². The summed E-state index contributed by atoms with van der Waals surface area (Å²) in [6.45, 7) is 1.70. The van der Waals surface area contributed by atoms with Gasteiger partial charge in [-0.1, -0.05) is 29.8 Å². The molecule has 0 bridgehead atoms. The summed E-state index contributed by atoms with van der Waals surface area (Å²) in [6, 6.07) is 7.18. The minimum atomic E-state index is -3.83. The number of benzene rings is 1. The van der Waals surface area contributed by atoms with Crippen molar-refractivity contribution < 1.29 is 13.5 Å². The van der Waals surface area contributed by atoms with Crippen molar-refractivity contribution in [3.05, 3.63) is 40.7 Å². The summed E-state index contributed by atoms with van der Waals surface area (Å²) in [5, 5.41) is 13.7. The van der Waals surface area contributed by atoms with Crippen molar-refractivity contribution in [3.63, 3.8) is 0 Å². The van der Waals surface area contributed by atoms with E-state index in [9.17, 15) is 13.5 Å². The lowest BCUT2D eigenvalue weighted by Crippen LogP contribution is -2.31. The Labute approximate surface area is 134 Å². The summed E-state index contributed by atoms with van der Waals surface area (Å²) in [5.74, 6) is -0.235. The van der Waals surface area contributed by atoms with Gasteiger partial charge in [0.2, 0.25) is 0 Å². The predicted molar refractivity (Wildman–Crippen MR) is 83.8 cm³/mol. The summed E-state index contributed by atoms with van der Waals surface area (Å²) in [6.07, 6.45) is 0. The fourth-order valence-electron chi connectivity index (χ4n) is 2.85. The fraction of sp³-hybridized carbons (Fsp3) is 0.357. The number of aryl methyl sites for hydroxylation is 2. The highest BCUT2D eigenvalue weighted by Crippen LogP contribution is 2.40. The SMILES string of the molecule is Cc1nn(C)c(Cl)c1S(=O)(=O)N1CC(CO)c2ccccc21. The number of halogens is 1. The molecule has 22 heavy (non-hydrogen) atoms. The third-order valence-electron chi connectivity index (χ3n) is 3.90. The summed E-state index contributed by atoms with van der Waals surface area (Å²) >= 11 is 6.12. The van der Waals surface area contributed by atoms with Crippen molar-refractivity contribution in [1.29, 1.82) is 0 Å². The number of rotatable bonds is 3. The van der Waals surface area contributed by atoms with Crippen LogP contribution >= 0.6 is 11.6 Å². The van der Waals surface area contributed by atoms with E-state index in [0.717, 1.165) is 5.56 Å². The normalized spacial score (nSPS) is 17.8. The molecule has 1 aromatic heterocycles. The molecule has 3 rings (SSSR count). The number of hydrogen-bond acceptors (Lipinski definition) is 4. The number of nitrogens with zero attached hydrogens (tertiary/aromatic N) is 3. The zero-order valence-corrected chi connectivity index (χ0v) is 13.8. The molecule has 8 heteroatoms. The van der Waals surface area contributed by atoms with E-state index in [1.165, 1.54) is 8.99 Å². The Bertz CT molecular complexity index is 832. The van der Waals surface area contributed by atoms with E-state index in [0.29, 0.717) is 11.4 Å². The molecule has 1 atom stereocenters. The third kappa shape index (κ3) is 2.12. The van der Waals surface area contributed by atoms with E-state index in [2.05, 4.69) is 5.10 Å². The number of hydrogen-bond donors (Lipinski definition) is 1. The number of aliphatic hydroxyl groups excluding tert-OH is 1. The van der Waals surface area contributed by atoms with Crippen LogP contribution in [0.1, 0.15) is 17.2 Å². The quantitative estimate of drug-likeness (QED) is 0.921. The molecule has 0 spiro atoms. The van der Waals surface area contributed by atoms with Gasteiger partial charge in [-0.3, -0.25) is 8.99 Å². The monoisotopic (exact) mass is 341 g/mol. The fourth-order valence-corrected chi connectivity index (χ4v) is 5.10. The lowest BCUT2D eigenvalue weighted by molar-refractivity contribution is 0.272. The Kier molecular flexibility index (Phi) is 3.66. The van der Waals surface area contributed by atoms with Gasteiger partial charge in [-0.25, -0.2) is 8.42 Å². The number of para-hydroxylation sites is 1. The van der Waals surface area contributed by atoms with E-state index >= 15 is 0 Å². The molecule has 1 aromatic carbocycles. The summed E-state index contributed by atoms with van der Waals surface area (Å²) in [5.41, 5.74) is 1.77. The second-order valence-corrected chi connectivity index (χ2v) is 7.46.